The van der Waals surface area contributed by atoms with E-state index in [4.69, 9.17) is 16.3 Å². The summed E-state index contributed by atoms with van der Waals surface area (Å²) in [5, 5.41) is 4.02. The standard InChI is InChI=1S/C15H15BrClNO/c1-18-15(10-7-8-13(17)12(16)9-10)11-5-3-4-6-14(11)19-2/h3-9,15,18H,1-2H3. The van der Waals surface area contributed by atoms with E-state index in [2.05, 4.69) is 27.3 Å². The second-order valence-corrected chi connectivity index (χ2v) is 5.40. The van der Waals surface area contributed by atoms with E-state index in [9.17, 15) is 0 Å². The third-order valence-corrected chi connectivity index (χ3v) is 4.23. The monoisotopic (exact) mass is 339 g/mol. The zero-order chi connectivity index (χ0) is 13.8. The van der Waals surface area contributed by atoms with Gasteiger partial charge in [0, 0.05) is 10.0 Å². The van der Waals surface area contributed by atoms with Gasteiger partial charge < -0.3 is 10.1 Å². The normalized spacial score (nSPS) is 12.2. The maximum atomic E-state index is 6.04. The molecule has 2 nitrogen and oxygen atoms in total. The minimum atomic E-state index is 0.0599. The molecule has 0 bridgehead atoms. The summed E-state index contributed by atoms with van der Waals surface area (Å²) in [5.74, 6) is 0.868. The average molecular weight is 341 g/mol. The van der Waals surface area contributed by atoms with Gasteiger partial charge in [-0.25, -0.2) is 0 Å². The molecule has 0 amide bonds. The molecule has 0 aromatic heterocycles. The van der Waals surface area contributed by atoms with Crippen LogP contribution in [0.4, 0.5) is 0 Å². The maximum absolute atomic E-state index is 6.04. The Morgan fingerprint density at radius 3 is 2.58 bits per heavy atom. The van der Waals surface area contributed by atoms with Crippen molar-refractivity contribution in [2.24, 2.45) is 0 Å². The van der Waals surface area contributed by atoms with Gasteiger partial charge in [-0.05, 0) is 46.7 Å². The lowest BCUT2D eigenvalue weighted by Gasteiger charge is -2.20. The van der Waals surface area contributed by atoms with Crippen LogP contribution in [0.15, 0.2) is 46.9 Å². The van der Waals surface area contributed by atoms with Crippen molar-refractivity contribution in [1.29, 1.82) is 0 Å². The van der Waals surface area contributed by atoms with Crippen LogP contribution in [0, 0.1) is 0 Å². The third-order valence-electron chi connectivity index (χ3n) is 3.02. The molecule has 4 heteroatoms. The van der Waals surface area contributed by atoms with Crippen molar-refractivity contribution in [1.82, 2.24) is 5.32 Å². The minimum Gasteiger partial charge on any atom is -0.496 e. The molecule has 1 atom stereocenters. The molecule has 2 rings (SSSR count). The first-order chi connectivity index (χ1) is 9.17. The lowest BCUT2D eigenvalue weighted by molar-refractivity contribution is 0.405. The fourth-order valence-electron chi connectivity index (χ4n) is 2.10. The van der Waals surface area contributed by atoms with Gasteiger partial charge in [0.15, 0.2) is 0 Å². The van der Waals surface area contributed by atoms with Crippen molar-refractivity contribution >= 4 is 27.5 Å². The van der Waals surface area contributed by atoms with Crippen LogP contribution >= 0.6 is 27.5 Å². The lowest BCUT2D eigenvalue weighted by Crippen LogP contribution is -2.18. The Morgan fingerprint density at radius 2 is 1.95 bits per heavy atom. The average Bonchev–Trinajstić information content (AvgIpc) is 2.44. The van der Waals surface area contributed by atoms with Crippen molar-refractivity contribution in [3.63, 3.8) is 0 Å². The highest BCUT2D eigenvalue weighted by atomic mass is 79.9. The van der Waals surface area contributed by atoms with E-state index in [1.54, 1.807) is 7.11 Å². The van der Waals surface area contributed by atoms with Gasteiger partial charge in [-0.3, -0.25) is 0 Å². The number of ether oxygens (including phenoxy) is 1. The number of para-hydroxylation sites is 1. The summed E-state index contributed by atoms with van der Waals surface area (Å²) in [6.07, 6.45) is 0. The molecule has 2 aromatic rings. The molecule has 1 unspecified atom stereocenters. The molecule has 0 radical (unpaired) electrons. The highest BCUT2D eigenvalue weighted by Crippen LogP contribution is 2.32. The number of halogens is 2. The van der Waals surface area contributed by atoms with Crippen molar-refractivity contribution in [3.8, 4) is 5.75 Å². The third kappa shape index (κ3) is 3.11. The highest BCUT2D eigenvalue weighted by Gasteiger charge is 2.16. The Bertz CT molecular complexity index is 574. The van der Waals surface area contributed by atoms with Crippen molar-refractivity contribution in [3.05, 3.63) is 63.1 Å². The Kier molecular flexibility index (Phi) is 4.86. The molecule has 0 saturated heterocycles. The second kappa shape index (κ2) is 6.42. The first-order valence-corrected chi connectivity index (χ1v) is 7.09. The molecule has 0 heterocycles. The molecule has 0 aliphatic carbocycles. The largest absolute Gasteiger partial charge is 0.496 e. The van der Waals surface area contributed by atoms with Crippen LogP contribution in [0.2, 0.25) is 5.02 Å². The lowest BCUT2D eigenvalue weighted by atomic mass is 9.98. The Balaban J connectivity index is 2.46. The van der Waals surface area contributed by atoms with Gasteiger partial charge >= 0.3 is 0 Å². The number of hydrogen-bond acceptors (Lipinski definition) is 2. The number of rotatable bonds is 4. The first kappa shape index (κ1) is 14.4. The van der Waals surface area contributed by atoms with Crippen molar-refractivity contribution in [2.45, 2.75) is 6.04 Å². The minimum absolute atomic E-state index is 0.0599. The molecule has 1 N–H and O–H groups in total. The van der Waals surface area contributed by atoms with E-state index in [1.165, 1.54) is 0 Å². The Hall–Kier alpha value is -1.03. The van der Waals surface area contributed by atoms with Gasteiger partial charge in [0.25, 0.3) is 0 Å². The van der Waals surface area contributed by atoms with Gasteiger partial charge in [-0.1, -0.05) is 35.9 Å². The van der Waals surface area contributed by atoms with E-state index in [0.717, 1.165) is 21.3 Å². The summed E-state index contributed by atoms with van der Waals surface area (Å²) in [5.41, 5.74) is 2.23. The van der Waals surface area contributed by atoms with Gasteiger partial charge in [-0.2, -0.15) is 0 Å². The van der Waals surface area contributed by atoms with Crippen LogP contribution in [0.3, 0.4) is 0 Å². The van der Waals surface area contributed by atoms with E-state index in [-0.39, 0.29) is 6.04 Å². The molecule has 0 fully saturated rings. The summed E-state index contributed by atoms with van der Waals surface area (Å²) in [7, 11) is 3.61. The zero-order valence-corrected chi connectivity index (χ0v) is 13.1. The SMILES string of the molecule is CNC(c1ccc(Cl)c(Br)c1)c1ccccc1OC. The Labute approximate surface area is 126 Å². The van der Waals surface area contributed by atoms with E-state index < -0.39 is 0 Å². The van der Waals surface area contributed by atoms with E-state index in [1.807, 2.05) is 43.4 Å². The van der Waals surface area contributed by atoms with E-state index >= 15 is 0 Å². The fraction of sp³-hybridized carbons (Fsp3) is 0.200. The van der Waals surface area contributed by atoms with Crippen LogP contribution in [-0.4, -0.2) is 14.2 Å². The van der Waals surface area contributed by atoms with Gasteiger partial charge in [0.1, 0.15) is 5.75 Å². The zero-order valence-electron chi connectivity index (χ0n) is 10.8. The molecular weight excluding hydrogens is 326 g/mol. The summed E-state index contributed by atoms with van der Waals surface area (Å²) >= 11 is 9.50. The molecular formula is C15H15BrClNO. The van der Waals surface area contributed by atoms with Crippen LogP contribution < -0.4 is 10.1 Å². The number of nitrogens with one attached hydrogen (secondary N) is 1. The highest BCUT2D eigenvalue weighted by molar-refractivity contribution is 9.10. The van der Waals surface area contributed by atoms with Gasteiger partial charge in [0.05, 0.1) is 18.2 Å². The Morgan fingerprint density at radius 1 is 1.21 bits per heavy atom. The summed E-state index contributed by atoms with van der Waals surface area (Å²) in [4.78, 5) is 0. The number of benzene rings is 2. The van der Waals surface area contributed by atoms with Crippen molar-refractivity contribution < 1.29 is 4.74 Å². The number of methoxy groups -OCH3 is 1. The molecule has 0 aliphatic heterocycles. The summed E-state index contributed by atoms with van der Waals surface area (Å²) in [6.45, 7) is 0. The quantitative estimate of drug-likeness (QED) is 0.889. The molecule has 0 spiro atoms. The van der Waals surface area contributed by atoms with Gasteiger partial charge in [-0.15, -0.1) is 0 Å². The molecule has 0 saturated carbocycles. The summed E-state index contributed by atoms with van der Waals surface area (Å²) in [6, 6.07) is 14.0. The smallest absolute Gasteiger partial charge is 0.123 e. The first-order valence-electron chi connectivity index (χ1n) is 5.92. The number of hydrogen-bond donors (Lipinski definition) is 1. The molecule has 2 aromatic carbocycles. The van der Waals surface area contributed by atoms with Crippen molar-refractivity contribution in [2.75, 3.05) is 14.2 Å². The van der Waals surface area contributed by atoms with Crippen LogP contribution in [-0.2, 0) is 0 Å². The van der Waals surface area contributed by atoms with Crippen LogP contribution in [0.5, 0.6) is 5.75 Å². The van der Waals surface area contributed by atoms with E-state index in [0.29, 0.717) is 5.02 Å². The summed E-state index contributed by atoms with van der Waals surface area (Å²) < 4.78 is 6.32. The van der Waals surface area contributed by atoms with Crippen LogP contribution in [0.1, 0.15) is 17.2 Å². The molecule has 0 aliphatic rings. The second-order valence-electron chi connectivity index (χ2n) is 4.14. The fourth-order valence-corrected chi connectivity index (χ4v) is 2.61. The molecule has 19 heavy (non-hydrogen) atoms. The molecule has 100 valence electrons. The topological polar surface area (TPSA) is 21.3 Å². The van der Waals surface area contributed by atoms with Crippen LogP contribution in [0.25, 0.3) is 0 Å². The maximum Gasteiger partial charge on any atom is 0.123 e. The predicted octanol–water partition coefficient (Wildman–Crippen LogP) is 4.42. The predicted molar refractivity (Wildman–Crippen MR) is 83.0 cm³/mol. The van der Waals surface area contributed by atoms with Gasteiger partial charge in [0.2, 0.25) is 0 Å².